The van der Waals surface area contributed by atoms with Crippen LogP contribution in [-0.4, -0.2) is 227 Å². The van der Waals surface area contributed by atoms with Gasteiger partial charge in [0.25, 0.3) is 9.70 Å². The first-order chi connectivity index (χ1) is 55.8. The van der Waals surface area contributed by atoms with E-state index in [0.29, 0.717) is 0 Å². The molecule has 32 heteroatoms. The van der Waals surface area contributed by atoms with Gasteiger partial charge >= 0.3 is 29.8 Å². The Balaban J connectivity index is 1.13. The summed E-state index contributed by atoms with van der Waals surface area (Å²) < 4.78 is 145. The lowest BCUT2D eigenvalue weighted by Crippen LogP contribution is -2.71. The summed E-state index contributed by atoms with van der Waals surface area (Å²) >= 11 is 19.3. The summed E-state index contributed by atoms with van der Waals surface area (Å²) in [4.78, 5) is 80.3. The molecule has 0 radical (unpaired) electrons. The molecule has 5 aliphatic heterocycles. The molecule has 5 fully saturated rings. The molecule has 632 valence electrons. The Labute approximate surface area is 689 Å². The Hall–Kier alpha value is -7.41. The molecule has 5 saturated heterocycles. The van der Waals surface area contributed by atoms with Crippen molar-refractivity contribution in [2.75, 3.05) is 33.5 Å². The number of hydrogen-bond donors (Lipinski definition) is 1. The van der Waals surface area contributed by atoms with Crippen molar-refractivity contribution in [3.63, 3.8) is 0 Å². The van der Waals surface area contributed by atoms with E-state index in [9.17, 15) is 28.8 Å². The third-order valence-electron chi connectivity index (χ3n) is 19.4. The van der Waals surface area contributed by atoms with Crippen molar-refractivity contribution in [3.8, 4) is 0 Å². The topological polar surface area (TPSA) is 318 Å². The van der Waals surface area contributed by atoms with Crippen molar-refractivity contribution in [2.24, 2.45) is 0 Å². The van der Waals surface area contributed by atoms with Crippen LogP contribution >= 0.6 is 34.8 Å². The van der Waals surface area contributed by atoms with E-state index >= 15 is 0 Å². The SMILES string of the molecule is C=CCO[C@@H]1[C@@H](OCC=C)[C@H](C)O[C@@H](O[C@H]2C(OC)OC(C)C(OCc3ccccc3)C2O[C@H]2O[C@H](COCc3ccccc3)[C@@H](OCc3ccccc3)[C@H](OCc3ccccc3)[C@H]2OCc2ccccc2)[C@@H]1O[C@@H]1O[C@H](COC(C)=O)[C@@H](OC(C)=O)[C@H](O[C@@H]2O[C@@H](C)[C@H](OC(C)=O)[C@@H](OC(C)=O)[C@H]2OC(C)=O)[C@H]1NC(=O)C(Cl)(Cl)Cl. The fourth-order valence-electron chi connectivity index (χ4n) is 14.3. The van der Waals surface area contributed by atoms with Crippen LogP contribution in [0.5, 0.6) is 0 Å². The summed E-state index contributed by atoms with van der Waals surface area (Å²) in [6.07, 6.45) is -31.6. The summed E-state index contributed by atoms with van der Waals surface area (Å²) in [7, 11) is 1.40. The average Bonchev–Trinajstić information content (AvgIpc) is 0.757. The number of carbonyl (C=O) groups excluding carboxylic acids is 6. The molecule has 0 spiro atoms. The number of esters is 5. The molecule has 5 aromatic rings. The van der Waals surface area contributed by atoms with E-state index in [1.807, 2.05) is 152 Å². The van der Waals surface area contributed by atoms with Crippen LogP contribution in [0.25, 0.3) is 0 Å². The van der Waals surface area contributed by atoms with Crippen LogP contribution in [0.1, 0.15) is 83.2 Å². The largest absolute Gasteiger partial charge is 0.463 e. The van der Waals surface area contributed by atoms with Gasteiger partial charge < -0.3 is 110 Å². The molecule has 4 unspecified atom stereocenters. The third-order valence-corrected chi connectivity index (χ3v) is 19.9. The standard InChI is InChI=1S/C84H102Cl3NO28/c1-12-39-97-64-48(3)105-81(75(70(64)98-40-13-2)115-78-63(88-83(94)84(85,86)87)69(68(108-53(8)91)62(111-78)47-99-51(6)89)113-82-77(110-55(10)93)73(109-54(9)92)66(50(5)106-82)107-52(7)90)116-76-72(65(49(4)104-79(76)95-11)100-42-57-31-21-15-22-32-57)114-80-74(103-45-60-37-27-18-28-38-60)71(102-44-59-35-25-17-26-36-59)67(101-43-58-33-23-16-24-34-58)61(112-80)46-96-41-56-29-19-14-20-30-56/h12-38,48-50,61-82H,1-2,39-47H2,3-11H3,(H,88,94)/t48-,49?,50-,61+,62+,63+,64-,65?,66-,67+,68+,69+,70+,71-,72?,73+,74+,75+,76+,77+,78-,79?,80+,81-,82-/m0/s1. The molecule has 0 aliphatic carbocycles. The summed E-state index contributed by atoms with van der Waals surface area (Å²) in [5.74, 6) is -5.92. The summed E-state index contributed by atoms with van der Waals surface area (Å²) in [6.45, 7) is 17.4. The zero-order valence-electron chi connectivity index (χ0n) is 65.9. The molecule has 0 aromatic heterocycles. The molecule has 10 rings (SSSR count). The Kier molecular flexibility index (Phi) is 34.9. The first kappa shape index (κ1) is 90.9. The zero-order valence-corrected chi connectivity index (χ0v) is 68.1. The molecular formula is C84H102Cl3NO28. The Bertz CT molecular complexity index is 3900. The first-order valence-corrected chi connectivity index (χ1v) is 39.2. The van der Waals surface area contributed by atoms with Gasteiger partial charge in [0.2, 0.25) is 0 Å². The molecular weight excluding hydrogens is 1580 g/mol. The second kappa shape index (κ2) is 44.6. The van der Waals surface area contributed by atoms with Crippen molar-refractivity contribution >= 4 is 70.6 Å². The Morgan fingerprint density at radius 2 is 0.724 bits per heavy atom. The second-order valence-electron chi connectivity index (χ2n) is 28.2. The number of carbonyl (C=O) groups is 6. The van der Waals surface area contributed by atoms with Gasteiger partial charge in [0, 0.05) is 41.7 Å². The van der Waals surface area contributed by atoms with Crippen LogP contribution in [0.15, 0.2) is 177 Å². The van der Waals surface area contributed by atoms with E-state index in [-0.39, 0.29) is 52.9 Å². The van der Waals surface area contributed by atoms with Crippen molar-refractivity contribution in [3.05, 3.63) is 205 Å². The normalized spacial score (nSPS) is 31.3. The van der Waals surface area contributed by atoms with Gasteiger partial charge in [-0.15, -0.1) is 13.2 Å². The predicted molar refractivity (Wildman–Crippen MR) is 414 cm³/mol. The molecule has 29 nitrogen and oxygen atoms in total. The molecule has 1 N–H and O–H groups in total. The molecule has 25 atom stereocenters. The maximum atomic E-state index is 14.7. The number of benzene rings is 5. The van der Waals surface area contributed by atoms with E-state index in [4.69, 9.17) is 139 Å². The van der Waals surface area contributed by atoms with Crippen LogP contribution < -0.4 is 5.32 Å². The number of nitrogens with one attached hydrogen (secondary N) is 1. The van der Waals surface area contributed by atoms with Gasteiger partial charge in [0.05, 0.1) is 71.2 Å². The van der Waals surface area contributed by atoms with E-state index in [1.54, 1.807) is 13.8 Å². The van der Waals surface area contributed by atoms with Gasteiger partial charge in [-0.05, 0) is 48.6 Å². The number of halogens is 3. The summed E-state index contributed by atoms with van der Waals surface area (Å²) in [6, 6.07) is 45.9. The molecule has 5 heterocycles. The van der Waals surface area contributed by atoms with Gasteiger partial charge in [0.1, 0.15) is 85.9 Å². The maximum Gasteiger partial charge on any atom is 0.303 e. The Morgan fingerprint density at radius 3 is 1.21 bits per heavy atom. The highest BCUT2D eigenvalue weighted by atomic mass is 35.6. The number of ether oxygens (including phenoxy) is 22. The number of alkyl halides is 3. The number of methoxy groups -OCH3 is 1. The second-order valence-corrected chi connectivity index (χ2v) is 30.4. The van der Waals surface area contributed by atoms with Gasteiger partial charge in [-0.1, -0.05) is 199 Å². The fraction of sp³-hybridized carbons (Fsp3) is 0.524. The van der Waals surface area contributed by atoms with Crippen LogP contribution in [0.2, 0.25) is 0 Å². The van der Waals surface area contributed by atoms with E-state index in [1.165, 1.54) is 26.2 Å². The molecule has 0 bridgehead atoms. The summed E-state index contributed by atoms with van der Waals surface area (Å²) in [5.41, 5.74) is 4.15. The smallest absolute Gasteiger partial charge is 0.303 e. The summed E-state index contributed by atoms with van der Waals surface area (Å²) in [5, 5.41) is 2.64. The quantitative estimate of drug-likeness (QED) is 0.0166. The van der Waals surface area contributed by atoms with Crippen LogP contribution in [-0.2, 0) is 166 Å². The minimum absolute atomic E-state index is 0.00440. The lowest BCUT2D eigenvalue weighted by atomic mass is 9.94. The van der Waals surface area contributed by atoms with E-state index < -0.39 is 200 Å². The van der Waals surface area contributed by atoms with Crippen molar-refractivity contribution in [1.29, 1.82) is 0 Å². The van der Waals surface area contributed by atoms with Gasteiger partial charge in [-0.3, -0.25) is 28.8 Å². The zero-order chi connectivity index (χ0) is 83.0. The average molecular weight is 1680 g/mol. The Morgan fingerprint density at radius 1 is 0.371 bits per heavy atom. The monoisotopic (exact) mass is 1680 g/mol. The van der Waals surface area contributed by atoms with Crippen LogP contribution in [0.4, 0.5) is 0 Å². The van der Waals surface area contributed by atoms with Crippen molar-refractivity contribution in [2.45, 2.75) is 246 Å². The third kappa shape index (κ3) is 25.6. The fourth-order valence-corrected chi connectivity index (χ4v) is 14.4. The first-order valence-electron chi connectivity index (χ1n) is 38.1. The van der Waals surface area contributed by atoms with Gasteiger partial charge in [-0.2, -0.15) is 0 Å². The molecule has 5 aliphatic rings. The van der Waals surface area contributed by atoms with Crippen molar-refractivity contribution in [1.82, 2.24) is 5.32 Å². The number of rotatable bonds is 38. The molecule has 5 aromatic carbocycles. The van der Waals surface area contributed by atoms with Crippen LogP contribution in [0, 0.1) is 0 Å². The van der Waals surface area contributed by atoms with Crippen molar-refractivity contribution < 1.29 is 133 Å². The highest BCUT2D eigenvalue weighted by Gasteiger charge is 2.61. The lowest BCUT2D eigenvalue weighted by Gasteiger charge is -2.52. The van der Waals surface area contributed by atoms with Gasteiger partial charge in [0.15, 0.2) is 55.9 Å². The number of hydrogen-bond acceptors (Lipinski definition) is 28. The highest BCUT2D eigenvalue weighted by molar-refractivity contribution is 6.76. The van der Waals surface area contributed by atoms with E-state index in [0.717, 1.165) is 62.4 Å². The predicted octanol–water partition coefficient (Wildman–Crippen LogP) is 9.70. The molecule has 1 amide bonds. The molecule has 0 saturated carbocycles. The minimum atomic E-state index is -2.81. The van der Waals surface area contributed by atoms with E-state index in [2.05, 4.69) is 18.5 Å². The lowest BCUT2D eigenvalue weighted by molar-refractivity contribution is -0.407. The number of amides is 1. The maximum absolute atomic E-state index is 14.7. The highest BCUT2D eigenvalue weighted by Crippen LogP contribution is 2.42. The van der Waals surface area contributed by atoms with Gasteiger partial charge in [-0.25, -0.2) is 0 Å². The van der Waals surface area contributed by atoms with Crippen LogP contribution in [0.3, 0.4) is 0 Å². The minimum Gasteiger partial charge on any atom is -0.463 e. The molecule has 116 heavy (non-hydrogen) atoms.